The highest BCUT2D eigenvalue weighted by Gasteiger charge is 2.36. The van der Waals surface area contributed by atoms with E-state index in [4.69, 9.17) is 0 Å². The number of hydrogen-bond acceptors (Lipinski definition) is 4. The number of nitrogens with one attached hydrogen (secondary N) is 1. The standard InChI is InChI=1S/C12H14F3NO3S2/c1-7-2-3-9-8(4-7)5-10(20-9)11(17)16-21(18,19)6-12(13,14)15/h5,7H,2-4,6H2,1H3,(H,16,17). The number of aryl methyl sites for hydroxylation is 1. The lowest BCUT2D eigenvalue weighted by molar-refractivity contribution is -0.106. The first-order chi connectivity index (χ1) is 9.56. The quantitative estimate of drug-likeness (QED) is 0.919. The number of rotatable bonds is 3. The molecule has 4 nitrogen and oxygen atoms in total. The van der Waals surface area contributed by atoms with Gasteiger partial charge in [-0.1, -0.05) is 6.92 Å². The minimum Gasteiger partial charge on any atom is -0.267 e. The molecule has 0 aromatic carbocycles. The van der Waals surface area contributed by atoms with Crippen molar-refractivity contribution in [2.75, 3.05) is 5.75 Å². The first-order valence-electron chi connectivity index (χ1n) is 6.29. The lowest BCUT2D eigenvalue weighted by Gasteiger charge is -2.16. The largest absolute Gasteiger partial charge is 0.404 e. The number of sulfonamides is 1. The Morgan fingerprint density at radius 2 is 2.14 bits per heavy atom. The summed E-state index contributed by atoms with van der Waals surface area (Å²) in [4.78, 5) is 12.9. The lowest BCUT2D eigenvalue weighted by atomic mass is 9.90. The average Bonchev–Trinajstić information content (AvgIpc) is 2.67. The van der Waals surface area contributed by atoms with Crippen LogP contribution in [0.15, 0.2) is 6.07 Å². The molecule has 9 heteroatoms. The molecule has 1 aliphatic carbocycles. The molecule has 1 aliphatic rings. The molecule has 2 rings (SSSR count). The molecule has 1 atom stereocenters. The monoisotopic (exact) mass is 341 g/mol. The van der Waals surface area contributed by atoms with Gasteiger partial charge in [-0.3, -0.25) is 4.79 Å². The van der Waals surface area contributed by atoms with Crippen LogP contribution < -0.4 is 4.72 Å². The molecular weight excluding hydrogens is 327 g/mol. The zero-order valence-corrected chi connectivity index (χ0v) is 12.8. The van der Waals surface area contributed by atoms with Gasteiger partial charge in [-0.05, 0) is 36.8 Å². The SMILES string of the molecule is CC1CCc2sc(C(=O)NS(=O)(=O)CC(F)(F)F)cc2C1. The van der Waals surface area contributed by atoms with Crippen LogP contribution in [0.25, 0.3) is 0 Å². The summed E-state index contributed by atoms with van der Waals surface area (Å²) in [6.45, 7) is 2.08. The number of fused-ring (bicyclic) bond motifs is 1. The van der Waals surface area contributed by atoms with E-state index in [-0.39, 0.29) is 4.88 Å². The van der Waals surface area contributed by atoms with Gasteiger partial charge in [-0.25, -0.2) is 13.1 Å². The maximum absolute atomic E-state index is 12.1. The summed E-state index contributed by atoms with van der Waals surface area (Å²) in [6, 6.07) is 1.58. The molecule has 1 heterocycles. The Balaban J connectivity index is 2.11. The van der Waals surface area contributed by atoms with E-state index < -0.39 is 27.9 Å². The molecule has 1 unspecified atom stereocenters. The second-order valence-corrected chi connectivity index (χ2v) is 8.07. The highest BCUT2D eigenvalue weighted by molar-refractivity contribution is 7.90. The molecule has 0 bridgehead atoms. The Kier molecular flexibility index (Phi) is 4.34. The highest BCUT2D eigenvalue weighted by atomic mass is 32.2. The predicted octanol–water partition coefficient (Wildman–Crippen LogP) is 2.49. The van der Waals surface area contributed by atoms with Gasteiger partial charge in [0.2, 0.25) is 10.0 Å². The summed E-state index contributed by atoms with van der Waals surface area (Å²) in [7, 11) is -4.72. The van der Waals surface area contributed by atoms with E-state index in [1.807, 2.05) is 0 Å². The van der Waals surface area contributed by atoms with Crippen LogP contribution in [0.1, 0.15) is 33.5 Å². The van der Waals surface area contributed by atoms with E-state index in [1.54, 1.807) is 6.07 Å². The van der Waals surface area contributed by atoms with Gasteiger partial charge in [0.15, 0.2) is 5.75 Å². The third-order valence-electron chi connectivity index (χ3n) is 3.15. The first kappa shape index (κ1) is 16.3. The van der Waals surface area contributed by atoms with Gasteiger partial charge in [-0.2, -0.15) is 13.2 Å². The fourth-order valence-corrected chi connectivity index (χ4v) is 4.32. The van der Waals surface area contributed by atoms with E-state index in [2.05, 4.69) is 6.92 Å². The molecular formula is C12H14F3NO3S2. The van der Waals surface area contributed by atoms with Crippen LogP contribution in [0, 0.1) is 5.92 Å². The molecule has 0 saturated carbocycles. The second kappa shape index (κ2) is 5.60. The number of carbonyl (C=O) groups excluding carboxylic acids is 1. The van der Waals surface area contributed by atoms with Crippen molar-refractivity contribution in [1.29, 1.82) is 0 Å². The Hall–Kier alpha value is -1.09. The van der Waals surface area contributed by atoms with Crippen molar-refractivity contribution in [3.8, 4) is 0 Å². The van der Waals surface area contributed by atoms with Crippen LogP contribution in [0.2, 0.25) is 0 Å². The van der Waals surface area contributed by atoms with Gasteiger partial charge in [-0.15, -0.1) is 11.3 Å². The maximum Gasteiger partial charge on any atom is 0.404 e. The predicted molar refractivity (Wildman–Crippen MR) is 72.8 cm³/mol. The van der Waals surface area contributed by atoms with E-state index in [9.17, 15) is 26.4 Å². The number of alkyl halides is 3. The van der Waals surface area contributed by atoms with E-state index in [0.717, 1.165) is 41.0 Å². The van der Waals surface area contributed by atoms with Crippen LogP contribution in [0.3, 0.4) is 0 Å². The van der Waals surface area contributed by atoms with Gasteiger partial charge in [0.05, 0.1) is 4.88 Å². The normalized spacial score (nSPS) is 19.1. The van der Waals surface area contributed by atoms with Crippen LogP contribution in [0.4, 0.5) is 13.2 Å². The zero-order chi connectivity index (χ0) is 15.8. The summed E-state index contributed by atoms with van der Waals surface area (Å²) >= 11 is 1.15. The summed E-state index contributed by atoms with van der Waals surface area (Å²) < 4.78 is 60.3. The van der Waals surface area contributed by atoms with Crippen LogP contribution in [-0.4, -0.2) is 26.3 Å². The van der Waals surface area contributed by atoms with Gasteiger partial charge in [0.25, 0.3) is 5.91 Å². The maximum atomic E-state index is 12.1. The van der Waals surface area contributed by atoms with Crippen LogP contribution in [0.5, 0.6) is 0 Å². The minimum atomic E-state index is -4.88. The van der Waals surface area contributed by atoms with Crippen molar-refractivity contribution in [3.63, 3.8) is 0 Å². The van der Waals surface area contributed by atoms with Crippen molar-refractivity contribution in [2.45, 2.75) is 32.4 Å². The zero-order valence-electron chi connectivity index (χ0n) is 11.2. The number of halogens is 3. The van der Waals surface area contributed by atoms with E-state index >= 15 is 0 Å². The van der Waals surface area contributed by atoms with Gasteiger partial charge in [0.1, 0.15) is 0 Å². The smallest absolute Gasteiger partial charge is 0.267 e. The van der Waals surface area contributed by atoms with Crippen molar-refractivity contribution < 1.29 is 26.4 Å². The van der Waals surface area contributed by atoms with Crippen molar-refractivity contribution in [3.05, 3.63) is 21.4 Å². The molecule has 1 amide bonds. The number of hydrogen-bond donors (Lipinski definition) is 1. The lowest BCUT2D eigenvalue weighted by Crippen LogP contribution is -2.37. The Morgan fingerprint density at radius 1 is 1.48 bits per heavy atom. The van der Waals surface area contributed by atoms with Crippen molar-refractivity contribution >= 4 is 27.3 Å². The molecule has 1 N–H and O–H groups in total. The topological polar surface area (TPSA) is 63.2 Å². The Morgan fingerprint density at radius 3 is 2.76 bits per heavy atom. The molecule has 1 aromatic rings. The van der Waals surface area contributed by atoms with E-state index in [1.165, 1.54) is 4.72 Å². The molecule has 21 heavy (non-hydrogen) atoms. The molecule has 0 spiro atoms. The minimum absolute atomic E-state index is 0.139. The second-order valence-electron chi connectivity index (χ2n) is 5.21. The molecule has 1 aromatic heterocycles. The molecule has 0 aliphatic heterocycles. The highest BCUT2D eigenvalue weighted by Crippen LogP contribution is 2.32. The molecule has 0 fully saturated rings. The summed E-state index contributed by atoms with van der Waals surface area (Å²) in [5.74, 6) is -2.57. The molecule has 0 saturated heterocycles. The Labute approximate surface area is 124 Å². The third-order valence-corrected chi connectivity index (χ3v) is 5.59. The molecule has 118 valence electrons. The van der Waals surface area contributed by atoms with Crippen molar-refractivity contribution in [1.82, 2.24) is 4.72 Å². The Bertz CT molecular complexity index is 649. The fourth-order valence-electron chi connectivity index (χ4n) is 2.26. The van der Waals surface area contributed by atoms with E-state index in [0.29, 0.717) is 5.92 Å². The van der Waals surface area contributed by atoms with Crippen LogP contribution in [-0.2, 0) is 22.9 Å². The van der Waals surface area contributed by atoms with Gasteiger partial charge < -0.3 is 0 Å². The average molecular weight is 341 g/mol. The number of amides is 1. The van der Waals surface area contributed by atoms with Gasteiger partial charge in [0, 0.05) is 4.88 Å². The summed E-state index contributed by atoms with van der Waals surface area (Å²) in [5, 5.41) is 0. The number of carbonyl (C=O) groups is 1. The molecule has 0 radical (unpaired) electrons. The number of thiophene rings is 1. The third kappa shape index (κ3) is 4.44. The summed E-state index contributed by atoms with van der Waals surface area (Å²) in [6.07, 6.45) is -2.28. The van der Waals surface area contributed by atoms with Crippen molar-refractivity contribution in [2.24, 2.45) is 5.92 Å². The van der Waals surface area contributed by atoms with Crippen LogP contribution >= 0.6 is 11.3 Å². The first-order valence-corrected chi connectivity index (χ1v) is 8.76. The summed E-state index contributed by atoms with van der Waals surface area (Å²) in [5.41, 5.74) is 0.983. The fraction of sp³-hybridized carbons (Fsp3) is 0.583. The van der Waals surface area contributed by atoms with Gasteiger partial charge >= 0.3 is 6.18 Å².